The van der Waals surface area contributed by atoms with E-state index in [0.717, 1.165) is 33.2 Å². The molecular weight excluding hydrogens is 415 g/mol. The zero-order valence-electron chi connectivity index (χ0n) is 15.7. The van der Waals surface area contributed by atoms with Crippen LogP contribution in [0.15, 0.2) is 54.2 Å². The molecule has 0 bridgehead atoms. The van der Waals surface area contributed by atoms with Gasteiger partial charge in [-0.1, -0.05) is 12.1 Å². The molecule has 30 heavy (non-hydrogen) atoms. The first-order valence-electron chi connectivity index (χ1n) is 8.90. The lowest BCUT2D eigenvalue weighted by atomic mass is 10.1. The van der Waals surface area contributed by atoms with Gasteiger partial charge in [-0.05, 0) is 31.2 Å². The van der Waals surface area contributed by atoms with Gasteiger partial charge in [0.2, 0.25) is 0 Å². The van der Waals surface area contributed by atoms with E-state index in [1.807, 2.05) is 41.1 Å². The first-order chi connectivity index (χ1) is 14.3. The van der Waals surface area contributed by atoms with Crippen LogP contribution in [0.3, 0.4) is 0 Å². The standard InChI is InChI=1S/C20H16F3N5OS/c1-12-10-30-18(26-12)14-5-6-28-16(9-24-17(28)8-14)13-3-2-4-15(7-13)27-19(29)25-11-20(21,22)23/h2-10H,11H2,1H3,(H2,25,27,29). The summed E-state index contributed by atoms with van der Waals surface area (Å²) in [6.07, 6.45) is -0.874. The van der Waals surface area contributed by atoms with Gasteiger partial charge in [0, 0.05) is 34.1 Å². The summed E-state index contributed by atoms with van der Waals surface area (Å²) >= 11 is 1.56. The van der Waals surface area contributed by atoms with Crippen molar-refractivity contribution in [3.63, 3.8) is 0 Å². The number of aromatic nitrogens is 3. The van der Waals surface area contributed by atoms with E-state index in [-0.39, 0.29) is 0 Å². The highest BCUT2D eigenvalue weighted by Crippen LogP contribution is 2.28. The molecule has 0 aliphatic carbocycles. The number of thiazole rings is 1. The van der Waals surface area contributed by atoms with Crippen LogP contribution in [-0.2, 0) is 0 Å². The van der Waals surface area contributed by atoms with Crippen LogP contribution in [0.5, 0.6) is 0 Å². The number of imidazole rings is 1. The Kier molecular flexibility index (Phi) is 5.17. The van der Waals surface area contributed by atoms with E-state index in [9.17, 15) is 18.0 Å². The van der Waals surface area contributed by atoms with Crippen molar-refractivity contribution in [2.75, 3.05) is 11.9 Å². The third kappa shape index (κ3) is 4.43. The number of amides is 2. The number of urea groups is 1. The Hall–Kier alpha value is -3.40. The van der Waals surface area contributed by atoms with E-state index in [1.165, 1.54) is 0 Å². The molecule has 0 unspecified atom stereocenters. The normalized spacial score (nSPS) is 11.6. The number of carbonyl (C=O) groups is 1. The maximum absolute atomic E-state index is 12.2. The molecule has 2 amide bonds. The predicted molar refractivity (Wildman–Crippen MR) is 110 cm³/mol. The van der Waals surface area contributed by atoms with E-state index in [4.69, 9.17) is 0 Å². The summed E-state index contributed by atoms with van der Waals surface area (Å²) in [5.74, 6) is 0. The van der Waals surface area contributed by atoms with Gasteiger partial charge in [0.05, 0.1) is 11.9 Å². The molecule has 3 heterocycles. The molecule has 2 N–H and O–H groups in total. The number of halogens is 3. The maximum Gasteiger partial charge on any atom is 0.405 e. The summed E-state index contributed by atoms with van der Waals surface area (Å²) in [7, 11) is 0. The summed E-state index contributed by atoms with van der Waals surface area (Å²) in [5.41, 5.74) is 4.57. The lowest BCUT2D eigenvalue weighted by molar-refractivity contribution is -0.122. The minimum atomic E-state index is -4.47. The fraction of sp³-hybridized carbons (Fsp3) is 0.150. The van der Waals surface area contributed by atoms with Crippen LogP contribution in [0.1, 0.15) is 5.69 Å². The smallest absolute Gasteiger partial charge is 0.329 e. The largest absolute Gasteiger partial charge is 0.405 e. The fourth-order valence-electron chi connectivity index (χ4n) is 2.93. The average Bonchev–Trinajstić information content (AvgIpc) is 3.32. The summed E-state index contributed by atoms with van der Waals surface area (Å²) in [4.78, 5) is 20.6. The Morgan fingerprint density at radius 3 is 2.77 bits per heavy atom. The van der Waals surface area contributed by atoms with Crippen molar-refractivity contribution in [1.82, 2.24) is 19.7 Å². The highest BCUT2D eigenvalue weighted by molar-refractivity contribution is 7.13. The van der Waals surface area contributed by atoms with Crippen molar-refractivity contribution in [1.29, 1.82) is 0 Å². The number of anilines is 1. The van der Waals surface area contributed by atoms with E-state index in [2.05, 4.69) is 15.3 Å². The molecule has 6 nitrogen and oxygen atoms in total. The summed E-state index contributed by atoms with van der Waals surface area (Å²) in [6.45, 7) is 0.545. The van der Waals surface area contributed by atoms with Crippen LogP contribution < -0.4 is 10.6 Å². The number of carbonyl (C=O) groups excluding carboxylic acids is 1. The maximum atomic E-state index is 12.2. The molecule has 10 heteroatoms. The molecule has 0 aliphatic rings. The van der Waals surface area contributed by atoms with E-state index >= 15 is 0 Å². The molecule has 0 atom stereocenters. The van der Waals surface area contributed by atoms with Gasteiger partial charge in [-0.3, -0.25) is 4.40 Å². The third-order valence-electron chi connectivity index (χ3n) is 4.24. The van der Waals surface area contributed by atoms with Gasteiger partial charge in [0.15, 0.2) is 0 Å². The van der Waals surface area contributed by atoms with Crippen LogP contribution in [-0.4, -0.2) is 33.1 Å². The fourth-order valence-corrected chi connectivity index (χ4v) is 3.72. The Balaban J connectivity index is 1.57. The molecule has 4 rings (SSSR count). The highest BCUT2D eigenvalue weighted by atomic mass is 32.1. The second-order valence-electron chi connectivity index (χ2n) is 6.58. The van der Waals surface area contributed by atoms with Gasteiger partial charge >= 0.3 is 12.2 Å². The van der Waals surface area contributed by atoms with E-state index < -0.39 is 18.8 Å². The van der Waals surface area contributed by atoms with E-state index in [0.29, 0.717) is 5.69 Å². The first-order valence-corrected chi connectivity index (χ1v) is 9.78. The number of nitrogens with one attached hydrogen (secondary N) is 2. The third-order valence-corrected chi connectivity index (χ3v) is 5.25. The zero-order valence-corrected chi connectivity index (χ0v) is 16.5. The van der Waals surface area contributed by atoms with Gasteiger partial charge in [-0.2, -0.15) is 13.2 Å². The minimum absolute atomic E-state index is 0.372. The minimum Gasteiger partial charge on any atom is -0.329 e. The van der Waals surface area contributed by atoms with Crippen LogP contribution in [0, 0.1) is 6.92 Å². The summed E-state index contributed by atoms with van der Waals surface area (Å²) < 4.78 is 38.6. The number of nitrogens with zero attached hydrogens (tertiary/aromatic N) is 3. The van der Waals surface area contributed by atoms with Gasteiger partial charge in [-0.25, -0.2) is 14.8 Å². The van der Waals surface area contributed by atoms with Crippen LogP contribution in [0.2, 0.25) is 0 Å². The average molecular weight is 431 g/mol. The number of aryl methyl sites for hydroxylation is 1. The second-order valence-corrected chi connectivity index (χ2v) is 7.44. The second kappa shape index (κ2) is 7.79. The number of pyridine rings is 1. The predicted octanol–water partition coefficient (Wildman–Crippen LogP) is 5.12. The summed E-state index contributed by atoms with van der Waals surface area (Å²) in [6, 6.07) is 9.78. The molecule has 0 spiro atoms. The lowest BCUT2D eigenvalue weighted by Crippen LogP contribution is -2.36. The van der Waals surface area contributed by atoms with Gasteiger partial charge in [0.1, 0.15) is 17.2 Å². The van der Waals surface area contributed by atoms with Gasteiger partial charge in [-0.15, -0.1) is 11.3 Å². The van der Waals surface area contributed by atoms with Crippen molar-refractivity contribution in [2.45, 2.75) is 13.1 Å². The lowest BCUT2D eigenvalue weighted by Gasteiger charge is -2.10. The number of alkyl halides is 3. The highest BCUT2D eigenvalue weighted by Gasteiger charge is 2.27. The molecule has 4 aromatic rings. The molecule has 0 fully saturated rings. The molecular formula is C20H16F3N5OS. The number of hydrogen-bond donors (Lipinski definition) is 2. The number of hydrogen-bond acceptors (Lipinski definition) is 4. The van der Waals surface area contributed by atoms with Crippen molar-refractivity contribution in [3.05, 3.63) is 59.9 Å². The summed E-state index contributed by atoms with van der Waals surface area (Å²) in [5, 5.41) is 7.09. The van der Waals surface area contributed by atoms with Crippen LogP contribution in [0.25, 0.3) is 27.5 Å². The number of fused-ring (bicyclic) bond motifs is 1. The quantitative estimate of drug-likeness (QED) is 0.471. The zero-order chi connectivity index (χ0) is 21.3. The molecule has 0 saturated heterocycles. The molecule has 3 aromatic heterocycles. The van der Waals surface area contributed by atoms with Gasteiger partial charge in [0.25, 0.3) is 0 Å². The Labute approximate surface area is 173 Å². The number of rotatable bonds is 4. The Morgan fingerprint density at radius 1 is 1.20 bits per heavy atom. The number of benzene rings is 1. The van der Waals surface area contributed by atoms with Crippen molar-refractivity contribution in [2.24, 2.45) is 0 Å². The molecule has 0 radical (unpaired) electrons. The Morgan fingerprint density at radius 2 is 2.03 bits per heavy atom. The van der Waals surface area contributed by atoms with Crippen molar-refractivity contribution < 1.29 is 18.0 Å². The molecule has 154 valence electrons. The molecule has 1 aromatic carbocycles. The van der Waals surface area contributed by atoms with Gasteiger partial charge < -0.3 is 10.6 Å². The molecule has 0 aliphatic heterocycles. The van der Waals surface area contributed by atoms with E-state index in [1.54, 1.807) is 41.0 Å². The first kappa shape index (κ1) is 19.9. The SMILES string of the molecule is Cc1csc(-c2ccn3c(-c4cccc(NC(=O)NCC(F)(F)F)c4)cnc3c2)n1. The van der Waals surface area contributed by atoms with Crippen molar-refractivity contribution in [3.8, 4) is 21.8 Å². The Bertz CT molecular complexity index is 1210. The van der Waals surface area contributed by atoms with Crippen molar-refractivity contribution >= 4 is 28.7 Å². The van der Waals surface area contributed by atoms with Crippen LogP contribution in [0.4, 0.5) is 23.7 Å². The van der Waals surface area contributed by atoms with Crippen LogP contribution >= 0.6 is 11.3 Å². The monoisotopic (exact) mass is 431 g/mol. The topological polar surface area (TPSA) is 71.3 Å². The molecule has 0 saturated carbocycles.